The highest BCUT2D eigenvalue weighted by Crippen LogP contribution is 2.28. The number of hydrogen-bond donors (Lipinski definition) is 1. The molecule has 1 aromatic heterocycles. The van der Waals surface area contributed by atoms with Gasteiger partial charge in [-0.3, -0.25) is 19.3 Å². The van der Waals surface area contributed by atoms with Gasteiger partial charge in [0.25, 0.3) is 0 Å². The van der Waals surface area contributed by atoms with Crippen LogP contribution in [0.5, 0.6) is 0 Å². The minimum absolute atomic E-state index is 0.157. The second-order valence-electron chi connectivity index (χ2n) is 6.17. The predicted molar refractivity (Wildman–Crippen MR) is 79.1 cm³/mol. The van der Waals surface area contributed by atoms with E-state index in [2.05, 4.69) is 21.8 Å². The highest BCUT2D eigenvalue weighted by molar-refractivity contribution is 5.69. The molecule has 0 aromatic carbocycles. The molecule has 1 N–H and O–H groups in total. The van der Waals surface area contributed by atoms with Crippen LogP contribution < -0.4 is 0 Å². The molecule has 3 rings (SSSR count). The molecule has 0 unspecified atom stereocenters. The number of aromatic nitrogens is 2. The van der Waals surface area contributed by atoms with Crippen molar-refractivity contribution >= 4 is 5.97 Å². The van der Waals surface area contributed by atoms with Crippen LogP contribution in [0.3, 0.4) is 0 Å². The third-order valence-corrected chi connectivity index (χ3v) is 4.57. The van der Waals surface area contributed by atoms with Crippen molar-refractivity contribution in [2.75, 3.05) is 32.7 Å². The Kier molecular flexibility index (Phi) is 4.55. The van der Waals surface area contributed by atoms with Gasteiger partial charge in [-0.05, 0) is 18.9 Å². The van der Waals surface area contributed by atoms with Crippen LogP contribution in [0, 0.1) is 0 Å². The topological polar surface area (TPSA) is 61.6 Å². The molecule has 1 aromatic rings. The third-order valence-electron chi connectivity index (χ3n) is 4.57. The fourth-order valence-electron chi connectivity index (χ4n) is 3.36. The Balaban J connectivity index is 1.48. The first-order valence-corrected chi connectivity index (χ1v) is 7.91. The van der Waals surface area contributed by atoms with Gasteiger partial charge < -0.3 is 5.11 Å². The molecule has 1 aliphatic carbocycles. The molecule has 0 amide bonds. The first kappa shape index (κ1) is 14.5. The quantitative estimate of drug-likeness (QED) is 0.883. The molecule has 1 saturated heterocycles. The van der Waals surface area contributed by atoms with Crippen LogP contribution in [-0.2, 0) is 11.3 Å². The molecule has 1 saturated carbocycles. The maximum Gasteiger partial charge on any atom is 0.317 e. The van der Waals surface area contributed by atoms with E-state index in [1.54, 1.807) is 0 Å². The summed E-state index contributed by atoms with van der Waals surface area (Å²) in [4.78, 5) is 15.1. The van der Waals surface area contributed by atoms with Crippen LogP contribution >= 0.6 is 0 Å². The van der Waals surface area contributed by atoms with E-state index >= 15 is 0 Å². The molecule has 6 heteroatoms. The summed E-state index contributed by atoms with van der Waals surface area (Å²) in [6.45, 7) is 4.53. The van der Waals surface area contributed by atoms with Gasteiger partial charge in [0.1, 0.15) is 0 Å². The van der Waals surface area contributed by atoms with E-state index in [1.165, 1.54) is 25.7 Å². The number of hydrogen-bond acceptors (Lipinski definition) is 4. The fraction of sp³-hybridized carbons (Fsp3) is 0.733. The Morgan fingerprint density at radius 2 is 1.86 bits per heavy atom. The van der Waals surface area contributed by atoms with E-state index in [9.17, 15) is 4.79 Å². The molecule has 2 fully saturated rings. The molecular formula is C15H24N4O2. The monoisotopic (exact) mass is 292 g/mol. The van der Waals surface area contributed by atoms with E-state index in [0.29, 0.717) is 6.04 Å². The van der Waals surface area contributed by atoms with Gasteiger partial charge in [-0.25, -0.2) is 0 Å². The standard InChI is InChI=1S/C15H24N4O2/c20-15(21)12-18-9-7-17(8-10-18)11-13-5-6-19(16-13)14-3-1-2-4-14/h5-6,14H,1-4,7-12H2,(H,20,21). The zero-order valence-electron chi connectivity index (χ0n) is 12.4. The normalized spacial score (nSPS) is 21.9. The Morgan fingerprint density at radius 3 is 2.52 bits per heavy atom. The number of nitrogens with zero attached hydrogens (tertiary/aromatic N) is 4. The van der Waals surface area contributed by atoms with Crippen molar-refractivity contribution in [3.8, 4) is 0 Å². The van der Waals surface area contributed by atoms with Gasteiger partial charge in [-0.15, -0.1) is 0 Å². The van der Waals surface area contributed by atoms with Crippen molar-refractivity contribution in [1.82, 2.24) is 19.6 Å². The van der Waals surface area contributed by atoms with Gasteiger partial charge in [0.05, 0.1) is 18.3 Å². The average Bonchev–Trinajstić information content (AvgIpc) is 3.11. The highest BCUT2D eigenvalue weighted by atomic mass is 16.4. The summed E-state index contributed by atoms with van der Waals surface area (Å²) in [6, 6.07) is 2.73. The third kappa shape index (κ3) is 3.83. The van der Waals surface area contributed by atoms with E-state index in [0.717, 1.165) is 38.4 Å². The Labute approximate surface area is 125 Å². The molecule has 0 radical (unpaired) electrons. The van der Waals surface area contributed by atoms with E-state index < -0.39 is 5.97 Å². The number of rotatable bonds is 5. The summed E-state index contributed by atoms with van der Waals surface area (Å²) in [5, 5.41) is 13.5. The fourth-order valence-corrected chi connectivity index (χ4v) is 3.36. The van der Waals surface area contributed by atoms with Gasteiger partial charge >= 0.3 is 5.97 Å². The van der Waals surface area contributed by atoms with Crippen LogP contribution in [0.2, 0.25) is 0 Å². The smallest absolute Gasteiger partial charge is 0.317 e. The molecule has 0 bridgehead atoms. The summed E-state index contributed by atoms with van der Waals surface area (Å²) in [5.41, 5.74) is 1.13. The zero-order valence-corrected chi connectivity index (χ0v) is 12.4. The number of carbonyl (C=O) groups is 1. The van der Waals surface area contributed by atoms with Gasteiger partial charge in [0, 0.05) is 38.9 Å². The summed E-state index contributed by atoms with van der Waals surface area (Å²) >= 11 is 0. The Hall–Kier alpha value is -1.40. The molecule has 0 spiro atoms. The van der Waals surface area contributed by atoms with E-state index in [-0.39, 0.29) is 6.54 Å². The van der Waals surface area contributed by atoms with Crippen molar-refractivity contribution in [2.45, 2.75) is 38.3 Å². The summed E-state index contributed by atoms with van der Waals surface area (Å²) in [5.74, 6) is -0.737. The molecule has 21 heavy (non-hydrogen) atoms. The number of carboxylic acids is 1. The minimum Gasteiger partial charge on any atom is -0.480 e. The minimum atomic E-state index is -0.737. The number of piperazine rings is 1. The second-order valence-corrected chi connectivity index (χ2v) is 6.17. The highest BCUT2D eigenvalue weighted by Gasteiger charge is 2.21. The van der Waals surface area contributed by atoms with Crippen molar-refractivity contribution in [3.63, 3.8) is 0 Å². The number of carboxylic acid groups (broad SMARTS) is 1. The first-order valence-electron chi connectivity index (χ1n) is 7.91. The van der Waals surface area contributed by atoms with Crippen LogP contribution in [0.25, 0.3) is 0 Å². The van der Waals surface area contributed by atoms with Crippen LogP contribution in [0.4, 0.5) is 0 Å². The number of aliphatic carboxylic acids is 1. The summed E-state index contributed by atoms with van der Waals surface area (Å²) in [7, 11) is 0. The van der Waals surface area contributed by atoms with Crippen LogP contribution in [0.1, 0.15) is 37.4 Å². The molecule has 2 heterocycles. The first-order chi connectivity index (χ1) is 10.2. The Morgan fingerprint density at radius 1 is 1.19 bits per heavy atom. The lowest BCUT2D eigenvalue weighted by Crippen LogP contribution is -2.47. The molecule has 0 atom stereocenters. The molecule has 1 aliphatic heterocycles. The molecule has 6 nitrogen and oxygen atoms in total. The lowest BCUT2D eigenvalue weighted by Gasteiger charge is -2.33. The second kappa shape index (κ2) is 6.58. The van der Waals surface area contributed by atoms with Gasteiger partial charge in [-0.1, -0.05) is 12.8 Å². The lowest BCUT2D eigenvalue weighted by molar-refractivity contribution is -0.138. The average molecular weight is 292 g/mol. The Bertz CT molecular complexity index is 474. The van der Waals surface area contributed by atoms with Crippen molar-refractivity contribution in [3.05, 3.63) is 18.0 Å². The van der Waals surface area contributed by atoms with Gasteiger partial charge in [-0.2, -0.15) is 5.10 Å². The largest absolute Gasteiger partial charge is 0.480 e. The van der Waals surface area contributed by atoms with E-state index in [1.807, 2.05) is 4.90 Å². The van der Waals surface area contributed by atoms with Crippen molar-refractivity contribution < 1.29 is 9.90 Å². The van der Waals surface area contributed by atoms with E-state index in [4.69, 9.17) is 10.2 Å². The van der Waals surface area contributed by atoms with Crippen LogP contribution in [0.15, 0.2) is 12.3 Å². The molecule has 116 valence electrons. The zero-order chi connectivity index (χ0) is 14.7. The lowest BCUT2D eigenvalue weighted by atomic mass is 10.3. The van der Waals surface area contributed by atoms with Crippen molar-refractivity contribution in [1.29, 1.82) is 0 Å². The summed E-state index contributed by atoms with van der Waals surface area (Å²) < 4.78 is 2.14. The maximum atomic E-state index is 10.7. The van der Waals surface area contributed by atoms with Crippen LogP contribution in [-0.4, -0.2) is 63.4 Å². The van der Waals surface area contributed by atoms with Gasteiger partial charge in [0.15, 0.2) is 0 Å². The van der Waals surface area contributed by atoms with Gasteiger partial charge in [0.2, 0.25) is 0 Å². The summed E-state index contributed by atoms with van der Waals surface area (Å²) in [6.07, 6.45) is 7.28. The molecular weight excluding hydrogens is 268 g/mol. The predicted octanol–water partition coefficient (Wildman–Crippen LogP) is 1.20. The SMILES string of the molecule is O=C(O)CN1CCN(Cc2ccn(C3CCCC3)n2)CC1. The maximum absolute atomic E-state index is 10.7. The van der Waals surface area contributed by atoms with Crippen molar-refractivity contribution in [2.24, 2.45) is 0 Å². The molecule has 2 aliphatic rings.